The van der Waals surface area contributed by atoms with Crippen LogP contribution in [-0.2, 0) is 16.1 Å². The Morgan fingerprint density at radius 2 is 1.48 bits per heavy atom. The van der Waals surface area contributed by atoms with E-state index in [1.54, 1.807) is 24.3 Å². The molecule has 0 fully saturated rings. The molecule has 1 N–H and O–H groups in total. The summed E-state index contributed by atoms with van der Waals surface area (Å²) in [6.07, 6.45) is 2.39. The van der Waals surface area contributed by atoms with Crippen LogP contribution >= 0.6 is 0 Å². The van der Waals surface area contributed by atoms with Crippen LogP contribution in [0.3, 0.4) is 0 Å². The van der Waals surface area contributed by atoms with Crippen LogP contribution in [0.2, 0.25) is 0 Å². The second kappa shape index (κ2) is 6.27. The number of nitrogens with one attached hydrogen (secondary N) is 1. The number of nitrogens with zero attached hydrogens (tertiary/aromatic N) is 1. The van der Waals surface area contributed by atoms with Crippen LogP contribution < -0.4 is 10.2 Å². The van der Waals surface area contributed by atoms with E-state index in [2.05, 4.69) is 5.32 Å². The summed E-state index contributed by atoms with van der Waals surface area (Å²) >= 11 is 0. The van der Waals surface area contributed by atoms with Crippen molar-refractivity contribution in [1.29, 1.82) is 0 Å². The molecule has 1 aliphatic heterocycles. The van der Waals surface area contributed by atoms with Crippen molar-refractivity contribution in [3.8, 4) is 0 Å². The lowest BCUT2D eigenvalue weighted by atomic mass is 10.1. The fraction of sp³-hybridized carbons (Fsp3) is 0.0556. The Bertz CT molecular complexity index is 779. The number of hydrogen-bond donors (Lipinski definition) is 1. The van der Waals surface area contributed by atoms with Crippen LogP contribution in [0.1, 0.15) is 15.9 Å². The van der Waals surface area contributed by atoms with Crippen LogP contribution in [0.25, 0.3) is 0 Å². The number of anilines is 1. The van der Waals surface area contributed by atoms with Gasteiger partial charge in [0.25, 0.3) is 17.7 Å². The zero-order chi connectivity index (χ0) is 16.2. The molecule has 3 amide bonds. The van der Waals surface area contributed by atoms with Gasteiger partial charge in [0, 0.05) is 18.7 Å². The molecule has 0 saturated carbocycles. The second-order valence-electron chi connectivity index (χ2n) is 5.03. The summed E-state index contributed by atoms with van der Waals surface area (Å²) in [4.78, 5) is 37.1. The molecule has 0 unspecified atom stereocenters. The number of carbonyl (C=O) groups is 3. The van der Waals surface area contributed by atoms with E-state index < -0.39 is 11.8 Å². The van der Waals surface area contributed by atoms with Crippen LogP contribution in [0, 0.1) is 0 Å². The number of carbonyl (C=O) groups excluding carboxylic acids is 3. The predicted octanol–water partition coefficient (Wildman–Crippen LogP) is 2.05. The number of imide groups is 1. The fourth-order valence-corrected chi connectivity index (χ4v) is 2.37. The van der Waals surface area contributed by atoms with Gasteiger partial charge >= 0.3 is 0 Å². The van der Waals surface area contributed by atoms with Gasteiger partial charge < -0.3 is 5.32 Å². The van der Waals surface area contributed by atoms with Crippen molar-refractivity contribution in [3.63, 3.8) is 0 Å². The summed E-state index contributed by atoms with van der Waals surface area (Å²) in [6.45, 7) is 0.369. The summed E-state index contributed by atoms with van der Waals surface area (Å²) in [7, 11) is 0. The minimum absolute atomic E-state index is 0.286. The molecule has 114 valence electrons. The molecular weight excluding hydrogens is 292 g/mol. The monoisotopic (exact) mass is 306 g/mol. The number of rotatable bonds is 4. The van der Waals surface area contributed by atoms with E-state index in [0.717, 1.165) is 10.5 Å². The standard InChI is InChI=1S/C18H14N2O3/c21-16-10-11-17(22)20(16)15-9-5-4-8-14(15)18(23)19-12-13-6-2-1-3-7-13/h1-11H,12H2,(H,19,23). The molecule has 2 aromatic carbocycles. The highest BCUT2D eigenvalue weighted by atomic mass is 16.2. The summed E-state index contributed by atoms with van der Waals surface area (Å²) < 4.78 is 0. The lowest BCUT2D eigenvalue weighted by molar-refractivity contribution is -0.119. The van der Waals surface area contributed by atoms with Crippen molar-refractivity contribution in [3.05, 3.63) is 77.9 Å². The Kier molecular flexibility index (Phi) is 4.01. The Labute approximate surface area is 133 Å². The Morgan fingerprint density at radius 1 is 0.870 bits per heavy atom. The smallest absolute Gasteiger partial charge is 0.258 e. The topological polar surface area (TPSA) is 66.5 Å². The third-order valence-corrected chi connectivity index (χ3v) is 3.49. The van der Waals surface area contributed by atoms with Crippen molar-refractivity contribution in [1.82, 2.24) is 5.32 Å². The highest BCUT2D eigenvalue weighted by Gasteiger charge is 2.28. The van der Waals surface area contributed by atoms with Crippen molar-refractivity contribution >= 4 is 23.4 Å². The maximum atomic E-state index is 12.4. The highest BCUT2D eigenvalue weighted by Crippen LogP contribution is 2.23. The maximum Gasteiger partial charge on any atom is 0.258 e. The zero-order valence-electron chi connectivity index (χ0n) is 12.2. The van der Waals surface area contributed by atoms with Crippen LogP contribution in [0.15, 0.2) is 66.7 Å². The van der Waals surface area contributed by atoms with Gasteiger partial charge in [-0.3, -0.25) is 14.4 Å². The Balaban J connectivity index is 1.81. The number of benzene rings is 2. The van der Waals surface area contributed by atoms with Gasteiger partial charge in [0.05, 0.1) is 11.3 Å². The van der Waals surface area contributed by atoms with Crippen molar-refractivity contribution in [2.24, 2.45) is 0 Å². The van der Waals surface area contributed by atoms with Gasteiger partial charge in [0.1, 0.15) is 0 Å². The molecule has 1 aliphatic rings. The molecule has 5 heteroatoms. The Morgan fingerprint density at radius 3 is 2.17 bits per heavy atom. The third kappa shape index (κ3) is 3.03. The predicted molar refractivity (Wildman–Crippen MR) is 85.7 cm³/mol. The minimum atomic E-state index is -0.446. The maximum absolute atomic E-state index is 12.4. The molecule has 1 heterocycles. The zero-order valence-corrected chi connectivity index (χ0v) is 12.2. The van der Waals surface area contributed by atoms with Crippen molar-refractivity contribution in [2.45, 2.75) is 6.54 Å². The van der Waals surface area contributed by atoms with Crippen LogP contribution in [0.5, 0.6) is 0 Å². The first kappa shape index (κ1) is 14.7. The van der Waals surface area contributed by atoms with E-state index in [4.69, 9.17) is 0 Å². The van der Waals surface area contributed by atoms with E-state index in [9.17, 15) is 14.4 Å². The average molecular weight is 306 g/mol. The first-order chi connectivity index (χ1) is 11.2. The first-order valence-corrected chi connectivity index (χ1v) is 7.14. The highest BCUT2D eigenvalue weighted by molar-refractivity contribution is 6.29. The van der Waals surface area contributed by atoms with Crippen LogP contribution in [-0.4, -0.2) is 17.7 Å². The Hall–Kier alpha value is -3.21. The van der Waals surface area contributed by atoms with E-state index in [1.165, 1.54) is 12.2 Å². The second-order valence-corrected chi connectivity index (χ2v) is 5.03. The van der Waals surface area contributed by atoms with Gasteiger partial charge in [-0.2, -0.15) is 0 Å². The largest absolute Gasteiger partial charge is 0.348 e. The van der Waals surface area contributed by atoms with Gasteiger partial charge in [-0.15, -0.1) is 0 Å². The molecule has 0 radical (unpaired) electrons. The van der Waals surface area contributed by atoms with Gasteiger partial charge in [-0.25, -0.2) is 4.90 Å². The lowest BCUT2D eigenvalue weighted by Gasteiger charge is -2.17. The fourth-order valence-electron chi connectivity index (χ4n) is 2.37. The number of amides is 3. The van der Waals surface area contributed by atoms with E-state index >= 15 is 0 Å². The molecule has 0 bridgehead atoms. The quantitative estimate of drug-likeness (QED) is 0.879. The van der Waals surface area contributed by atoms with Crippen molar-refractivity contribution < 1.29 is 14.4 Å². The SMILES string of the molecule is O=C(NCc1ccccc1)c1ccccc1N1C(=O)C=CC1=O. The summed E-state index contributed by atoms with van der Waals surface area (Å²) in [6, 6.07) is 16.0. The van der Waals surface area contributed by atoms with Crippen molar-refractivity contribution in [2.75, 3.05) is 4.90 Å². The lowest BCUT2D eigenvalue weighted by Crippen LogP contribution is -2.33. The first-order valence-electron chi connectivity index (χ1n) is 7.14. The molecule has 0 spiro atoms. The molecule has 2 aromatic rings. The molecule has 0 atom stereocenters. The van der Waals surface area contributed by atoms with Gasteiger partial charge in [-0.05, 0) is 17.7 Å². The summed E-state index contributed by atoms with van der Waals surface area (Å²) in [5.74, 6) is -1.23. The van der Waals surface area contributed by atoms with Crippen LogP contribution in [0.4, 0.5) is 5.69 Å². The average Bonchev–Trinajstić information content (AvgIpc) is 2.92. The summed E-state index contributed by atoms with van der Waals surface area (Å²) in [5.41, 5.74) is 1.54. The van der Waals surface area contributed by atoms with Gasteiger partial charge in [-0.1, -0.05) is 42.5 Å². The number of hydrogen-bond acceptors (Lipinski definition) is 3. The molecule has 0 aromatic heterocycles. The molecule has 3 rings (SSSR count). The van der Waals surface area contributed by atoms with Gasteiger partial charge in [0.2, 0.25) is 0 Å². The van der Waals surface area contributed by atoms with E-state index in [1.807, 2.05) is 30.3 Å². The molecule has 0 saturated heterocycles. The molecule has 23 heavy (non-hydrogen) atoms. The third-order valence-electron chi connectivity index (χ3n) is 3.49. The van der Waals surface area contributed by atoms with Gasteiger partial charge in [0.15, 0.2) is 0 Å². The normalized spacial score (nSPS) is 13.5. The molecular formula is C18H14N2O3. The molecule has 0 aliphatic carbocycles. The minimum Gasteiger partial charge on any atom is -0.348 e. The number of para-hydroxylation sites is 1. The molecule has 5 nitrogen and oxygen atoms in total. The van der Waals surface area contributed by atoms with E-state index in [-0.39, 0.29) is 17.2 Å². The summed E-state index contributed by atoms with van der Waals surface area (Å²) in [5, 5.41) is 2.80. The van der Waals surface area contributed by atoms with E-state index in [0.29, 0.717) is 6.54 Å².